The zero-order valence-electron chi connectivity index (χ0n) is 11.1. The van der Waals surface area contributed by atoms with Crippen molar-refractivity contribution in [2.45, 2.75) is 0 Å². The van der Waals surface area contributed by atoms with Gasteiger partial charge >= 0.3 is 0 Å². The summed E-state index contributed by atoms with van der Waals surface area (Å²) in [5.74, 6) is 1.06. The summed E-state index contributed by atoms with van der Waals surface area (Å²) < 4.78 is 0. The van der Waals surface area contributed by atoms with Crippen LogP contribution in [-0.4, -0.2) is 30.5 Å². The Bertz CT molecular complexity index is 610. The highest BCUT2D eigenvalue weighted by Crippen LogP contribution is 2.16. The van der Waals surface area contributed by atoms with Gasteiger partial charge in [-0.25, -0.2) is 0 Å². The molecule has 3 rings (SSSR count). The number of amidine groups is 1. The first-order valence-corrected chi connectivity index (χ1v) is 7.05. The van der Waals surface area contributed by atoms with E-state index in [0.29, 0.717) is 0 Å². The second-order valence-corrected chi connectivity index (χ2v) is 5.12. The lowest BCUT2D eigenvalue weighted by Gasteiger charge is -2.21. The molecular weight excluding hydrogens is 270 g/mol. The fourth-order valence-electron chi connectivity index (χ4n) is 2.28. The molecule has 0 radical (unpaired) electrons. The van der Waals surface area contributed by atoms with Crippen LogP contribution < -0.4 is 5.32 Å². The molecular formula is C16H16ClN3. The maximum Gasteiger partial charge on any atom is 0.132 e. The third-order valence-electron chi connectivity index (χ3n) is 3.26. The Kier molecular flexibility index (Phi) is 3.88. The van der Waals surface area contributed by atoms with Gasteiger partial charge in [0.1, 0.15) is 5.84 Å². The number of benzene rings is 2. The summed E-state index contributed by atoms with van der Waals surface area (Å²) in [6, 6.07) is 18.1. The first kappa shape index (κ1) is 13.0. The Hall–Kier alpha value is -2.00. The van der Waals surface area contributed by atoms with Crippen molar-refractivity contribution in [3.63, 3.8) is 0 Å². The van der Waals surface area contributed by atoms with Crippen LogP contribution in [0.3, 0.4) is 0 Å². The van der Waals surface area contributed by atoms with Crippen molar-refractivity contribution in [3.05, 3.63) is 65.2 Å². The van der Waals surface area contributed by atoms with Crippen LogP contribution in [0, 0.1) is 0 Å². The van der Waals surface area contributed by atoms with Crippen LogP contribution in [0.2, 0.25) is 5.02 Å². The first-order chi connectivity index (χ1) is 9.83. The van der Waals surface area contributed by atoms with Crippen molar-refractivity contribution >= 4 is 23.1 Å². The van der Waals surface area contributed by atoms with Gasteiger partial charge in [-0.15, -0.1) is 0 Å². The lowest BCUT2D eigenvalue weighted by molar-refractivity contribution is 0.490. The average molecular weight is 286 g/mol. The van der Waals surface area contributed by atoms with Crippen LogP contribution in [-0.2, 0) is 0 Å². The summed E-state index contributed by atoms with van der Waals surface area (Å²) in [6.07, 6.45) is 0. The number of aliphatic imine (C=N–C) groups is 1. The molecule has 102 valence electrons. The molecule has 0 amide bonds. The van der Waals surface area contributed by atoms with E-state index in [1.165, 1.54) is 0 Å². The van der Waals surface area contributed by atoms with Crippen LogP contribution in [0.5, 0.6) is 0 Å². The minimum atomic E-state index is 0.730. The number of nitrogens with zero attached hydrogens (tertiary/aromatic N) is 2. The summed E-state index contributed by atoms with van der Waals surface area (Å²) >= 11 is 5.99. The van der Waals surface area contributed by atoms with Gasteiger partial charge in [0.15, 0.2) is 0 Å². The smallest absolute Gasteiger partial charge is 0.132 e. The number of nitrogens with one attached hydrogen (secondary N) is 1. The van der Waals surface area contributed by atoms with E-state index in [4.69, 9.17) is 11.6 Å². The molecule has 0 unspecified atom stereocenters. The molecule has 1 heterocycles. The van der Waals surface area contributed by atoms with Crippen LogP contribution in [0.15, 0.2) is 59.6 Å². The van der Waals surface area contributed by atoms with Gasteiger partial charge in [-0.1, -0.05) is 48.0 Å². The van der Waals surface area contributed by atoms with Crippen LogP contribution in [0.4, 0.5) is 5.69 Å². The van der Waals surface area contributed by atoms with Gasteiger partial charge in [0.05, 0.1) is 13.2 Å². The van der Waals surface area contributed by atoms with Gasteiger partial charge in [-0.05, 0) is 18.2 Å². The van der Waals surface area contributed by atoms with Gasteiger partial charge in [-0.2, -0.15) is 0 Å². The monoisotopic (exact) mass is 285 g/mol. The summed E-state index contributed by atoms with van der Waals surface area (Å²) in [6.45, 7) is 2.52. The molecule has 0 atom stereocenters. The predicted molar refractivity (Wildman–Crippen MR) is 84.5 cm³/mol. The molecule has 4 heteroatoms. The Morgan fingerprint density at radius 2 is 1.95 bits per heavy atom. The predicted octanol–water partition coefficient (Wildman–Crippen LogP) is 3.47. The van der Waals surface area contributed by atoms with E-state index in [9.17, 15) is 0 Å². The Morgan fingerprint density at radius 1 is 1.10 bits per heavy atom. The Balaban J connectivity index is 1.67. The van der Waals surface area contributed by atoms with Crippen molar-refractivity contribution < 1.29 is 0 Å². The second kappa shape index (κ2) is 5.97. The number of anilines is 1. The summed E-state index contributed by atoms with van der Waals surface area (Å²) in [4.78, 5) is 6.84. The standard InChI is InChI=1S/C16H16ClN3/c17-14-7-4-8-15(11-14)19-12-20-10-9-18-16(20)13-5-2-1-3-6-13/h1-8,11,19H,9-10,12H2. The number of halogens is 1. The normalized spacial score (nSPS) is 14.2. The highest BCUT2D eigenvalue weighted by atomic mass is 35.5. The Labute approximate surface area is 123 Å². The molecule has 0 fully saturated rings. The maximum atomic E-state index is 5.99. The molecule has 1 N–H and O–H groups in total. The van der Waals surface area contributed by atoms with Gasteiger partial charge in [0, 0.05) is 22.8 Å². The molecule has 3 nitrogen and oxygen atoms in total. The zero-order valence-corrected chi connectivity index (χ0v) is 11.8. The highest BCUT2D eigenvalue weighted by Gasteiger charge is 2.17. The summed E-state index contributed by atoms with van der Waals surface area (Å²) in [5.41, 5.74) is 2.19. The first-order valence-electron chi connectivity index (χ1n) is 6.67. The van der Waals surface area contributed by atoms with Gasteiger partial charge in [0.25, 0.3) is 0 Å². The largest absolute Gasteiger partial charge is 0.368 e. The molecule has 1 aliphatic heterocycles. The SMILES string of the molecule is Clc1cccc(NCN2CCN=C2c2ccccc2)c1. The van der Waals surface area contributed by atoms with Crippen LogP contribution in [0.1, 0.15) is 5.56 Å². The third kappa shape index (κ3) is 2.94. The van der Waals surface area contributed by atoms with Crippen LogP contribution >= 0.6 is 11.6 Å². The van der Waals surface area contributed by atoms with E-state index in [-0.39, 0.29) is 0 Å². The van der Waals surface area contributed by atoms with E-state index < -0.39 is 0 Å². The lowest BCUT2D eigenvalue weighted by atomic mass is 10.2. The van der Waals surface area contributed by atoms with E-state index in [1.807, 2.05) is 42.5 Å². The number of hydrogen-bond donors (Lipinski definition) is 1. The number of rotatable bonds is 4. The van der Waals surface area contributed by atoms with Gasteiger partial charge < -0.3 is 10.2 Å². The Morgan fingerprint density at radius 3 is 2.75 bits per heavy atom. The maximum absolute atomic E-state index is 5.99. The molecule has 0 bridgehead atoms. The fourth-order valence-corrected chi connectivity index (χ4v) is 2.47. The molecule has 2 aromatic rings. The lowest BCUT2D eigenvalue weighted by Crippen LogP contribution is -2.33. The third-order valence-corrected chi connectivity index (χ3v) is 3.50. The van der Waals surface area contributed by atoms with E-state index in [0.717, 1.165) is 41.9 Å². The molecule has 0 saturated heterocycles. The second-order valence-electron chi connectivity index (χ2n) is 4.68. The van der Waals surface area contributed by atoms with E-state index in [2.05, 4.69) is 27.3 Å². The average Bonchev–Trinajstić information content (AvgIpc) is 2.95. The van der Waals surface area contributed by atoms with E-state index in [1.54, 1.807) is 0 Å². The van der Waals surface area contributed by atoms with Gasteiger partial charge in [-0.3, -0.25) is 4.99 Å². The molecule has 0 aromatic heterocycles. The zero-order chi connectivity index (χ0) is 13.8. The van der Waals surface area contributed by atoms with Crippen molar-refractivity contribution in [2.75, 3.05) is 25.1 Å². The van der Waals surface area contributed by atoms with Crippen LogP contribution in [0.25, 0.3) is 0 Å². The van der Waals surface area contributed by atoms with Gasteiger partial charge in [0.2, 0.25) is 0 Å². The van der Waals surface area contributed by atoms with E-state index >= 15 is 0 Å². The molecule has 0 saturated carbocycles. The molecule has 20 heavy (non-hydrogen) atoms. The highest BCUT2D eigenvalue weighted by molar-refractivity contribution is 6.30. The fraction of sp³-hybridized carbons (Fsp3) is 0.188. The molecule has 1 aliphatic rings. The van der Waals surface area contributed by atoms with Crippen molar-refractivity contribution in [3.8, 4) is 0 Å². The van der Waals surface area contributed by atoms with Crippen molar-refractivity contribution in [1.29, 1.82) is 0 Å². The molecule has 0 aliphatic carbocycles. The van der Waals surface area contributed by atoms with Crippen molar-refractivity contribution in [2.24, 2.45) is 4.99 Å². The minimum absolute atomic E-state index is 0.730. The quantitative estimate of drug-likeness (QED) is 0.931. The molecule has 2 aromatic carbocycles. The molecule has 0 spiro atoms. The summed E-state index contributed by atoms with van der Waals surface area (Å²) in [7, 11) is 0. The number of hydrogen-bond acceptors (Lipinski definition) is 3. The van der Waals surface area contributed by atoms with Crippen molar-refractivity contribution in [1.82, 2.24) is 4.90 Å². The minimum Gasteiger partial charge on any atom is -0.368 e. The topological polar surface area (TPSA) is 27.6 Å². The summed E-state index contributed by atoms with van der Waals surface area (Å²) in [5, 5.41) is 4.13.